The first-order valence-electron chi connectivity index (χ1n) is 8.82. The van der Waals surface area contributed by atoms with Gasteiger partial charge < -0.3 is 20.3 Å². The molecule has 0 aliphatic carbocycles. The lowest BCUT2D eigenvalue weighted by Gasteiger charge is -2.33. The zero-order valence-electron chi connectivity index (χ0n) is 14.9. The van der Waals surface area contributed by atoms with E-state index in [1.54, 1.807) is 6.07 Å². The molecule has 138 valence electrons. The first-order valence-corrected chi connectivity index (χ1v) is 8.82. The lowest BCUT2D eigenvalue weighted by Crippen LogP contribution is -2.49. The monoisotopic (exact) mass is 356 g/mol. The van der Waals surface area contributed by atoms with E-state index in [4.69, 9.17) is 4.74 Å². The maximum atomic E-state index is 11.3. The second-order valence-corrected chi connectivity index (χ2v) is 6.35. The fourth-order valence-electron chi connectivity index (χ4n) is 3.06. The van der Waals surface area contributed by atoms with E-state index in [0.717, 1.165) is 31.1 Å². The molecule has 2 aromatic carbocycles. The van der Waals surface area contributed by atoms with Crippen LogP contribution in [0, 0.1) is 10.1 Å². The molecule has 0 unspecified atom stereocenters. The van der Waals surface area contributed by atoms with Crippen LogP contribution >= 0.6 is 0 Å². The summed E-state index contributed by atoms with van der Waals surface area (Å²) in [5, 5.41) is 17.9. The van der Waals surface area contributed by atoms with Gasteiger partial charge in [0.2, 0.25) is 0 Å². The summed E-state index contributed by atoms with van der Waals surface area (Å²) in [4.78, 5) is 13.2. The maximum Gasteiger partial charge on any atom is 0.292 e. The van der Waals surface area contributed by atoms with Crippen molar-refractivity contribution in [2.45, 2.75) is 13.0 Å². The summed E-state index contributed by atoms with van der Waals surface area (Å²) in [6, 6.07) is 15.2. The smallest absolute Gasteiger partial charge is 0.292 e. The van der Waals surface area contributed by atoms with Gasteiger partial charge in [-0.25, -0.2) is 0 Å². The van der Waals surface area contributed by atoms with E-state index in [2.05, 4.69) is 22.5 Å². The first-order chi connectivity index (χ1) is 12.6. The molecule has 1 aliphatic rings. The van der Waals surface area contributed by atoms with Crippen molar-refractivity contribution in [3.8, 4) is 5.75 Å². The van der Waals surface area contributed by atoms with E-state index in [9.17, 15) is 10.1 Å². The average molecular weight is 356 g/mol. The van der Waals surface area contributed by atoms with Gasteiger partial charge in [-0.1, -0.05) is 18.2 Å². The van der Waals surface area contributed by atoms with Crippen molar-refractivity contribution >= 4 is 17.1 Å². The molecule has 26 heavy (non-hydrogen) atoms. The Morgan fingerprint density at radius 1 is 1.31 bits per heavy atom. The van der Waals surface area contributed by atoms with Gasteiger partial charge in [0.25, 0.3) is 5.69 Å². The number of ether oxygens (including phenoxy) is 1. The topological polar surface area (TPSA) is 79.7 Å². The molecular formula is C19H24N4O3. The highest BCUT2D eigenvalue weighted by atomic mass is 16.6. The van der Waals surface area contributed by atoms with Crippen molar-refractivity contribution in [3.05, 3.63) is 58.6 Å². The molecule has 0 aromatic heterocycles. The molecule has 0 amide bonds. The second kappa shape index (κ2) is 8.53. The quantitative estimate of drug-likeness (QED) is 0.451. The Hall–Kier alpha value is -2.80. The summed E-state index contributed by atoms with van der Waals surface area (Å²) in [5.74, 6) is 0.785. The predicted octanol–water partition coefficient (Wildman–Crippen LogP) is 2.88. The molecule has 1 atom stereocenters. The van der Waals surface area contributed by atoms with Gasteiger partial charge in [-0.2, -0.15) is 0 Å². The number of nitrogens with one attached hydrogen (secondary N) is 2. The van der Waals surface area contributed by atoms with Crippen LogP contribution in [0.2, 0.25) is 0 Å². The predicted molar refractivity (Wildman–Crippen MR) is 103 cm³/mol. The van der Waals surface area contributed by atoms with E-state index in [1.807, 2.05) is 42.5 Å². The molecule has 0 saturated carbocycles. The molecule has 7 nitrogen and oxygen atoms in total. The van der Waals surface area contributed by atoms with Gasteiger partial charge >= 0.3 is 0 Å². The molecule has 7 heteroatoms. The van der Waals surface area contributed by atoms with Crippen molar-refractivity contribution in [3.63, 3.8) is 0 Å². The summed E-state index contributed by atoms with van der Waals surface area (Å²) < 4.78 is 5.64. The highest BCUT2D eigenvalue weighted by Gasteiger charge is 2.20. The van der Waals surface area contributed by atoms with Crippen molar-refractivity contribution < 1.29 is 9.66 Å². The lowest BCUT2D eigenvalue weighted by atomic mass is 10.1. The highest BCUT2D eigenvalue weighted by Crippen LogP contribution is 2.30. The molecule has 0 radical (unpaired) electrons. The third-order valence-corrected chi connectivity index (χ3v) is 4.34. The standard InChI is InChI=1S/C19H24N4O3/c1-15-14-22(11-9-20-15)16-7-8-19(23(24)25)18(13-16)21-10-12-26-17-5-3-2-4-6-17/h2-8,13,15,20-21H,9-12,14H2,1H3/t15-/m0/s1. The molecule has 0 bridgehead atoms. The maximum absolute atomic E-state index is 11.3. The lowest BCUT2D eigenvalue weighted by molar-refractivity contribution is -0.383. The molecule has 1 fully saturated rings. The second-order valence-electron chi connectivity index (χ2n) is 6.35. The normalized spacial score (nSPS) is 17.0. The molecule has 2 aromatic rings. The number of hydrogen-bond acceptors (Lipinski definition) is 6. The van der Waals surface area contributed by atoms with Crippen molar-refractivity contribution in [1.82, 2.24) is 5.32 Å². The van der Waals surface area contributed by atoms with Gasteiger partial charge in [-0.05, 0) is 31.2 Å². The minimum absolute atomic E-state index is 0.0802. The average Bonchev–Trinajstić information content (AvgIpc) is 2.66. The van der Waals surface area contributed by atoms with Crippen LogP contribution in [0.25, 0.3) is 0 Å². The summed E-state index contributed by atoms with van der Waals surface area (Å²) in [7, 11) is 0. The minimum Gasteiger partial charge on any atom is -0.492 e. The van der Waals surface area contributed by atoms with Crippen LogP contribution in [0.3, 0.4) is 0 Å². The van der Waals surface area contributed by atoms with Crippen LogP contribution in [0.15, 0.2) is 48.5 Å². The van der Waals surface area contributed by atoms with Crippen LogP contribution in [0.4, 0.5) is 17.1 Å². The number of rotatable bonds is 7. The zero-order valence-corrected chi connectivity index (χ0v) is 14.9. The van der Waals surface area contributed by atoms with Gasteiger partial charge in [0, 0.05) is 44.0 Å². The molecule has 2 N–H and O–H groups in total. The Balaban J connectivity index is 1.65. The molecule has 1 heterocycles. The zero-order chi connectivity index (χ0) is 18.4. The molecular weight excluding hydrogens is 332 g/mol. The van der Waals surface area contributed by atoms with Crippen LogP contribution in [-0.4, -0.2) is 43.8 Å². The van der Waals surface area contributed by atoms with Crippen molar-refractivity contribution in [2.24, 2.45) is 0 Å². The summed E-state index contributed by atoms with van der Waals surface area (Å²) >= 11 is 0. The number of hydrogen-bond donors (Lipinski definition) is 2. The van der Waals surface area contributed by atoms with Crippen molar-refractivity contribution in [2.75, 3.05) is 43.0 Å². The number of benzene rings is 2. The first kappa shape index (κ1) is 18.0. The van der Waals surface area contributed by atoms with E-state index in [0.29, 0.717) is 24.9 Å². The Labute approximate surface area is 153 Å². The molecule has 1 aliphatic heterocycles. The van der Waals surface area contributed by atoms with E-state index < -0.39 is 0 Å². The fraction of sp³-hybridized carbons (Fsp3) is 0.368. The van der Waals surface area contributed by atoms with E-state index >= 15 is 0 Å². The van der Waals surface area contributed by atoms with Crippen LogP contribution in [-0.2, 0) is 0 Å². The van der Waals surface area contributed by atoms with Gasteiger partial charge in [0.15, 0.2) is 0 Å². The van der Waals surface area contributed by atoms with Crippen LogP contribution < -0.4 is 20.3 Å². The SMILES string of the molecule is C[C@H]1CN(c2ccc([N+](=O)[O-])c(NCCOc3ccccc3)c2)CCN1. The number of nitrogens with zero attached hydrogens (tertiary/aromatic N) is 2. The summed E-state index contributed by atoms with van der Waals surface area (Å²) in [6.45, 7) is 5.73. The molecule has 1 saturated heterocycles. The Morgan fingerprint density at radius 2 is 2.12 bits per heavy atom. The van der Waals surface area contributed by atoms with E-state index in [1.165, 1.54) is 0 Å². The Kier molecular flexibility index (Phi) is 5.91. The summed E-state index contributed by atoms with van der Waals surface area (Å²) in [6.07, 6.45) is 0. The van der Waals surface area contributed by atoms with Gasteiger partial charge in [0.1, 0.15) is 18.0 Å². The fourth-order valence-corrected chi connectivity index (χ4v) is 3.06. The number of para-hydroxylation sites is 1. The number of anilines is 2. The van der Waals surface area contributed by atoms with Gasteiger partial charge in [0.05, 0.1) is 4.92 Å². The van der Waals surface area contributed by atoms with Crippen molar-refractivity contribution in [1.29, 1.82) is 0 Å². The number of nitro groups is 1. The van der Waals surface area contributed by atoms with Gasteiger partial charge in [-0.15, -0.1) is 0 Å². The third-order valence-electron chi connectivity index (χ3n) is 4.34. The molecule has 3 rings (SSSR count). The molecule has 0 spiro atoms. The van der Waals surface area contributed by atoms with Crippen LogP contribution in [0.5, 0.6) is 5.75 Å². The highest BCUT2D eigenvalue weighted by molar-refractivity contribution is 5.69. The Morgan fingerprint density at radius 3 is 2.85 bits per heavy atom. The number of piperazine rings is 1. The Bertz CT molecular complexity index is 739. The third kappa shape index (κ3) is 4.64. The van der Waals surface area contributed by atoms with E-state index in [-0.39, 0.29) is 10.6 Å². The van der Waals surface area contributed by atoms with Crippen LogP contribution in [0.1, 0.15) is 6.92 Å². The number of nitro benzene ring substituents is 1. The largest absolute Gasteiger partial charge is 0.492 e. The summed E-state index contributed by atoms with van der Waals surface area (Å²) in [5.41, 5.74) is 1.60. The van der Waals surface area contributed by atoms with Gasteiger partial charge in [-0.3, -0.25) is 10.1 Å². The minimum atomic E-state index is -0.357.